The summed E-state index contributed by atoms with van der Waals surface area (Å²) in [6, 6.07) is 61.4. The molecule has 2 heterocycles. The van der Waals surface area contributed by atoms with E-state index in [9.17, 15) is 0 Å². The lowest BCUT2D eigenvalue weighted by Crippen LogP contribution is -2.09. The average molecular weight is 593 g/mol. The topological polar surface area (TPSA) is 8.17 Å². The van der Waals surface area contributed by atoms with Gasteiger partial charge in [0, 0.05) is 53.7 Å². The number of nitrogens with zero attached hydrogens (tertiary/aromatic N) is 2. The number of thiophene rings is 1. The molecule has 0 N–H and O–H groups in total. The van der Waals surface area contributed by atoms with Crippen molar-refractivity contribution in [1.82, 2.24) is 4.57 Å². The van der Waals surface area contributed by atoms with Gasteiger partial charge in [-0.3, -0.25) is 0 Å². The zero-order valence-electron chi connectivity index (χ0n) is 24.5. The van der Waals surface area contributed by atoms with Crippen LogP contribution < -0.4 is 4.90 Å². The molecule has 0 aliphatic rings. The van der Waals surface area contributed by atoms with E-state index in [2.05, 4.69) is 179 Å². The average Bonchev–Trinajstić information content (AvgIpc) is 3.64. The predicted molar refractivity (Wildman–Crippen MR) is 194 cm³/mol. The number of fused-ring (bicyclic) bond motifs is 6. The summed E-state index contributed by atoms with van der Waals surface area (Å²) in [5.74, 6) is 0. The van der Waals surface area contributed by atoms with Crippen LogP contribution >= 0.6 is 11.3 Å². The van der Waals surface area contributed by atoms with Gasteiger partial charge in [-0.1, -0.05) is 91.0 Å². The highest BCUT2D eigenvalue weighted by atomic mass is 32.1. The molecule has 0 aliphatic heterocycles. The van der Waals surface area contributed by atoms with Crippen LogP contribution in [0, 0.1) is 0 Å². The number of rotatable bonds is 5. The minimum atomic E-state index is 1.12. The summed E-state index contributed by atoms with van der Waals surface area (Å²) in [6.45, 7) is 0. The van der Waals surface area contributed by atoms with Crippen LogP contribution in [-0.4, -0.2) is 4.57 Å². The maximum absolute atomic E-state index is 2.40. The van der Waals surface area contributed by atoms with E-state index in [1.165, 1.54) is 53.1 Å². The van der Waals surface area contributed by atoms with Crippen molar-refractivity contribution >= 4 is 70.4 Å². The van der Waals surface area contributed by atoms with Gasteiger partial charge in [-0.05, 0) is 90.0 Å². The van der Waals surface area contributed by atoms with E-state index in [0.717, 1.165) is 22.7 Å². The first-order valence-electron chi connectivity index (χ1n) is 15.3. The molecule has 2 nitrogen and oxygen atoms in total. The lowest BCUT2D eigenvalue weighted by Gasteiger charge is -2.25. The standard InChI is InChI=1S/C42H28N2S/c1-4-12-31(13-5-1)43(32-14-6-2-7-15-32)34-22-23-35-37-26-29(20-24-39(37)44(40(35)28-34)33-16-8-3-9-17-33)30-21-25-42-38(27-30)36-18-10-11-19-41(36)45-42/h1-28H. The van der Waals surface area contributed by atoms with Crippen LogP contribution in [0.3, 0.4) is 0 Å². The van der Waals surface area contributed by atoms with E-state index in [-0.39, 0.29) is 0 Å². The maximum atomic E-state index is 2.40. The van der Waals surface area contributed by atoms with Gasteiger partial charge in [-0.2, -0.15) is 0 Å². The zero-order valence-corrected chi connectivity index (χ0v) is 25.3. The molecule has 3 heteroatoms. The van der Waals surface area contributed by atoms with Crippen LogP contribution in [0.2, 0.25) is 0 Å². The van der Waals surface area contributed by atoms with E-state index in [1.807, 2.05) is 11.3 Å². The molecule has 212 valence electrons. The Morgan fingerprint density at radius 2 is 0.978 bits per heavy atom. The number of aromatic nitrogens is 1. The van der Waals surface area contributed by atoms with Crippen molar-refractivity contribution in [1.29, 1.82) is 0 Å². The van der Waals surface area contributed by atoms with Gasteiger partial charge in [-0.15, -0.1) is 11.3 Å². The molecule has 9 rings (SSSR count). The fourth-order valence-corrected chi connectivity index (χ4v) is 7.78. The molecule has 0 aliphatic carbocycles. The summed E-state index contributed by atoms with van der Waals surface area (Å²) in [5, 5.41) is 5.14. The highest BCUT2D eigenvalue weighted by molar-refractivity contribution is 7.25. The number of anilines is 3. The quantitative estimate of drug-likeness (QED) is 0.193. The Morgan fingerprint density at radius 3 is 1.71 bits per heavy atom. The van der Waals surface area contributed by atoms with Crippen LogP contribution in [-0.2, 0) is 0 Å². The van der Waals surface area contributed by atoms with Crippen LogP contribution in [0.15, 0.2) is 170 Å². The lowest BCUT2D eigenvalue weighted by atomic mass is 10.0. The van der Waals surface area contributed by atoms with Gasteiger partial charge >= 0.3 is 0 Å². The van der Waals surface area contributed by atoms with Crippen molar-refractivity contribution in [3.63, 3.8) is 0 Å². The van der Waals surface area contributed by atoms with Gasteiger partial charge in [0.1, 0.15) is 0 Å². The Hall–Kier alpha value is -5.64. The summed E-state index contributed by atoms with van der Waals surface area (Å²) >= 11 is 1.86. The third-order valence-corrected chi connectivity index (χ3v) is 9.91. The zero-order chi connectivity index (χ0) is 29.7. The molecule has 0 atom stereocenters. The van der Waals surface area contributed by atoms with Gasteiger partial charge in [0.25, 0.3) is 0 Å². The van der Waals surface area contributed by atoms with Crippen molar-refractivity contribution in [3.05, 3.63) is 170 Å². The Morgan fingerprint density at radius 1 is 0.378 bits per heavy atom. The fourth-order valence-electron chi connectivity index (χ4n) is 6.69. The van der Waals surface area contributed by atoms with E-state index in [0.29, 0.717) is 0 Å². The van der Waals surface area contributed by atoms with Crippen molar-refractivity contribution in [2.75, 3.05) is 4.90 Å². The van der Waals surface area contributed by atoms with Crippen molar-refractivity contribution < 1.29 is 0 Å². The second-order valence-corrected chi connectivity index (χ2v) is 12.5. The van der Waals surface area contributed by atoms with Crippen molar-refractivity contribution in [2.24, 2.45) is 0 Å². The van der Waals surface area contributed by atoms with E-state index < -0.39 is 0 Å². The fraction of sp³-hybridized carbons (Fsp3) is 0. The molecular weight excluding hydrogens is 565 g/mol. The van der Waals surface area contributed by atoms with E-state index >= 15 is 0 Å². The maximum Gasteiger partial charge on any atom is 0.0561 e. The van der Waals surface area contributed by atoms with Gasteiger partial charge in [0.2, 0.25) is 0 Å². The van der Waals surface area contributed by atoms with Gasteiger partial charge in [-0.25, -0.2) is 0 Å². The monoisotopic (exact) mass is 592 g/mol. The largest absolute Gasteiger partial charge is 0.310 e. The smallest absolute Gasteiger partial charge is 0.0561 e. The molecular formula is C42H28N2S. The minimum absolute atomic E-state index is 1.12. The number of hydrogen-bond donors (Lipinski definition) is 0. The SMILES string of the molecule is c1ccc(N(c2ccccc2)c2ccc3c4cc(-c5ccc6sc7ccccc7c6c5)ccc4n(-c4ccccc4)c3c2)cc1. The minimum Gasteiger partial charge on any atom is -0.310 e. The molecule has 0 radical (unpaired) electrons. The van der Waals surface area contributed by atoms with Crippen molar-refractivity contribution in [3.8, 4) is 16.8 Å². The predicted octanol–water partition coefficient (Wildman–Crippen LogP) is 12.3. The summed E-state index contributed by atoms with van der Waals surface area (Å²) in [4.78, 5) is 2.33. The van der Waals surface area contributed by atoms with Crippen LogP contribution in [0.5, 0.6) is 0 Å². The molecule has 0 fully saturated rings. The second kappa shape index (κ2) is 10.5. The summed E-state index contributed by atoms with van der Waals surface area (Å²) in [6.07, 6.45) is 0. The first kappa shape index (κ1) is 25.8. The lowest BCUT2D eigenvalue weighted by molar-refractivity contribution is 1.18. The molecule has 0 saturated carbocycles. The van der Waals surface area contributed by atoms with Crippen LogP contribution in [0.4, 0.5) is 17.1 Å². The third kappa shape index (κ3) is 4.32. The summed E-state index contributed by atoms with van der Waals surface area (Å²) in [7, 11) is 0. The molecule has 0 unspecified atom stereocenters. The van der Waals surface area contributed by atoms with Crippen LogP contribution in [0.25, 0.3) is 58.8 Å². The Bertz CT molecular complexity index is 2440. The van der Waals surface area contributed by atoms with Crippen molar-refractivity contribution in [2.45, 2.75) is 0 Å². The number of para-hydroxylation sites is 3. The second-order valence-electron chi connectivity index (χ2n) is 11.4. The Kier molecular flexibility index (Phi) is 6.03. The molecule has 7 aromatic carbocycles. The highest BCUT2D eigenvalue weighted by Crippen LogP contribution is 2.41. The first-order valence-corrected chi connectivity index (χ1v) is 16.1. The first-order chi connectivity index (χ1) is 22.3. The third-order valence-electron chi connectivity index (χ3n) is 8.76. The Labute approximate surface area is 265 Å². The van der Waals surface area contributed by atoms with E-state index in [4.69, 9.17) is 0 Å². The molecule has 0 spiro atoms. The van der Waals surface area contributed by atoms with Crippen LogP contribution in [0.1, 0.15) is 0 Å². The highest BCUT2D eigenvalue weighted by Gasteiger charge is 2.18. The Balaban J connectivity index is 1.27. The number of hydrogen-bond acceptors (Lipinski definition) is 2. The molecule has 9 aromatic rings. The molecule has 45 heavy (non-hydrogen) atoms. The molecule has 0 bridgehead atoms. The summed E-state index contributed by atoms with van der Waals surface area (Å²) < 4.78 is 5.07. The molecule has 0 amide bonds. The normalized spacial score (nSPS) is 11.6. The number of benzene rings is 7. The molecule has 2 aromatic heterocycles. The summed E-state index contributed by atoms with van der Waals surface area (Å²) in [5.41, 5.74) is 9.38. The molecule has 0 saturated heterocycles. The van der Waals surface area contributed by atoms with E-state index in [1.54, 1.807) is 0 Å². The van der Waals surface area contributed by atoms with Gasteiger partial charge in [0.15, 0.2) is 0 Å². The van der Waals surface area contributed by atoms with Gasteiger partial charge in [0.05, 0.1) is 11.0 Å². The van der Waals surface area contributed by atoms with Gasteiger partial charge < -0.3 is 9.47 Å².